The van der Waals surface area contributed by atoms with Gasteiger partial charge in [-0.05, 0) is 48.7 Å². The zero-order valence-electron chi connectivity index (χ0n) is 15.7. The molecule has 1 aliphatic rings. The number of ether oxygens (including phenoxy) is 1. The third kappa shape index (κ3) is 5.85. The van der Waals surface area contributed by atoms with Gasteiger partial charge < -0.3 is 10.1 Å². The van der Waals surface area contributed by atoms with E-state index < -0.39 is 10.0 Å². The molecular weight excluding hydrogens is 435 g/mol. The standard InChI is InChI=1S/C20H22Cl2N2O4S/c21-16-6-4-15(5-7-16)13-23-20(25)14-28-19-9-8-17(12-18(19)22)29(26,27)24-10-2-1-3-11-24/h4-9,12H,1-3,10-11,13-14H2,(H,23,25). The number of hydrogen-bond donors (Lipinski definition) is 1. The second kappa shape index (κ2) is 9.80. The summed E-state index contributed by atoms with van der Waals surface area (Å²) >= 11 is 12.0. The molecule has 0 spiro atoms. The van der Waals surface area contributed by atoms with E-state index in [0.717, 1.165) is 24.8 Å². The first-order chi connectivity index (χ1) is 13.9. The van der Waals surface area contributed by atoms with Crippen LogP contribution in [0.5, 0.6) is 5.75 Å². The number of halogens is 2. The summed E-state index contributed by atoms with van der Waals surface area (Å²) in [6.07, 6.45) is 2.76. The average molecular weight is 457 g/mol. The van der Waals surface area contributed by atoms with E-state index in [0.29, 0.717) is 24.7 Å². The predicted molar refractivity (Wildman–Crippen MR) is 113 cm³/mol. The summed E-state index contributed by atoms with van der Waals surface area (Å²) in [4.78, 5) is 12.1. The van der Waals surface area contributed by atoms with E-state index >= 15 is 0 Å². The van der Waals surface area contributed by atoms with Crippen molar-refractivity contribution < 1.29 is 17.9 Å². The van der Waals surface area contributed by atoms with E-state index in [1.54, 1.807) is 12.1 Å². The molecule has 0 saturated carbocycles. The smallest absolute Gasteiger partial charge is 0.258 e. The van der Waals surface area contributed by atoms with Gasteiger partial charge in [0, 0.05) is 24.7 Å². The zero-order chi connectivity index (χ0) is 20.9. The number of rotatable bonds is 7. The largest absolute Gasteiger partial charge is 0.482 e. The molecule has 0 bridgehead atoms. The van der Waals surface area contributed by atoms with E-state index in [4.69, 9.17) is 27.9 Å². The number of carbonyl (C=O) groups excluding carboxylic acids is 1. The Kier molecular flexibility index (Phi) is 7.40. The Bertz CT molecular complexity index is 959. The minimum absolute atomic E-state index is 0.129. The number of amides is 1. The fraction of sp³-hybridized carbons (Fsp3) is 0.350. The summed E-state index contributed by atoms with van der Waals surface area (Å²) < 4.78 is 32.3. The van der Waals surface area contributed by atoms with E-state index in [2.05, 4.69) is 5.32 Å². The highest BCUT2D eigenvalue weighted by Gasteiger charge is 2.26. The van der Waals surface area contributed by atoms with Crippen molar-refractivity contribution in [2.75, 3.05) is 19.7 Å². The third-order valence-electron chi connectivity index (χ3n) is 4.62. The van der Waals surface area contributed by atoms with Crippen molar-refractivity contribution in [2.24, 2.45) is 0 Å². The Labute approximate surface area is 180 Å². The number of carbonyl (C=O) groups is 1. The van der Waals surface area contributed by atoms with Crippen molar-refractivity contribution in [1.29, 1.82) is 0 Å². The van der Waals surface area contributed by atoms with Crippen LogP contribution in [0.25, 0.3) is 0 Å². The average Bonchev–Trinajstić information content (AvgIpc) is 2.73. The Balaban J connectivity index is 1.56. The number of nitrogens with one attached hydrogen (secondary N) is 1. The Morgan fingerprint density at radius 1 is 1.03 bits per heavy atom. The van der Waals surface area contributed by atoms with Gasteiger partial charge in [-0.1, -0.05) is 41.8 Å². The number of sulfonamides is 1. The van der Waals surface area contributed by atoms with E-state index in [1.165, 1.54) is 22.5 Å². The molecule has 29 heavy (non-hydrogen) atoms. The molecule has 2 aromatic rings. The van der Waals surface area contributed by atoms with Gasteiger partial charge in [-0.2, -0.15) is 4.31 Å². The number of hydrogen-bond acceptors (Lipinski definition) is 4. The summed E-state index contributed by atoms with van der Waals surface area (Å²) in [5, 5.41) is 3.51. The molecule has 1 saturated heterocycles. The van der Waals surface area contributed by atoms with Crippen LogP contribution < -0.4 is 10.1 Å². The fourth-order valence-corrected chi connectivity index (χ4v) is 4.98. The third-order valence-corrected chi connectivity index (χ3v) is 7.06. The van der Waals surface area contributed by atoms with Crippen LogP contribution in [0.3, 0.4) is 0 Å². The SMILES string of the molecule is O=C(COc1ccc(S(=O)(=O)N2CCCCC2)cc1Cl)NCc1ccc(Cl)cc1. The quantitative estimate of drug-likeness (QED) is 0.685. The van der Waals surface area contributed by atoms with E-state index in [9.17, 15) is 13.2 Å². The lowest BCUT2D eigenvalue weighted by atomic mass is 10.2. The molecule has 1 fully saturated rings. The first-order valence-electron chi connectivity index (χ1n) is 9.30. The first-order valence-corrected chi connectivity index (χ1v) is 11.5. The molecular formula is C20H22Cl2N2O4S. The molecule has 3 rings (SSSR count). The molecule has 6 nitrogen and oxygen atoms in total. The van der Waals surface area contributed by atoms with Gasteiger partial charge in [-0.25, -0.2) is 8.42 Å². The maximum Gasteiger partial charge on any atom is 0.258 e. The van der Waals surface area contributed by atoms with Crippen molar-refractivity contribution in [2.45, 2.75) is 30.7 Å². The molecule has 1 N–H and O–H groups in total. The Hall–Kier alpha value is -1.80. The summed E-state index contributed by atoms with van der Waals surface area (Å²) in [5.41, 5.74) is 0.910. The number of piperidine rings is 1. The van der Waals surface area contributed by atoms with Gasteiger partial charge >= 0.3 is 0 Å². The van der Waals surface area contributed by atoms with Gasteiger partial charge in [0.05, 0.1) is 9.92 Å². The summed E-state index contributed by atoms with van der Waals surface area (Å²) in [6.45, 7) is 1.16. The van der Waals surface area contributed by atoms with E-state index in [1.807, 2.05) is 12.1 Å². The van der Waals surface area contributed by atoms with Crippen LogP contribution in [-0.4, -0.2) is 38.3 Å². The lowest BCUT2D eigenvalue weighted by Crippen LogP contribution is -2.35. The van der Waals surface area contributed by atoms with Crippen LogP contribution in [-0.2, 0) is 21.4 Å². The van der Waals surface area contributed by atoms with Gasteiger partial charge in [-0.15, -0.1) is 0 Å². The highest BCUT2D eigenvalue weighted by Crippen LogP contribution is 2.29. The van der Waals surface area contributed by atoms with Gasteiger partial charge in [0.1, 0.15) is 5.75 Å². The molecule has 1 heterocycles. The fourth-order valence-electron chi connectivity index (χ4n) is 3.01. The summed E-state index contributed by atoms with van der Waals surface area (Å²) in [5.74, 6) is -0.0630. The second-order valence-electron chi connectivity index (χ2n) is 6.75. The maximum absolute atomic E-state index is 12.7. The van der Waals surface area contributed by atoms with Crippen LogP contribution in [0.2, 0.25) is 10.0 Å². The van der Waals surface area contributed by atoms with Gasteiger partial charge in [0.2, 0.25) is 10.0 Å². The first kappa shape index (κ1) is 21.9. The van der Waals surface area contributed by atoms with Gasteiger partial charge in [0.25, 0.3) is 5.91 Å². The summed E-state index contributed by atoms with van der Waals surface area (Å²) in [6, 6.07) is 11.4. The molecule has 0 unspecified atom stereocenters. The van der Waals surface area contributed by atoms with Crippen LogP contribution in [0.4, 0.5) is 0 Å². The predicted octanol–water partition coefficient (Wildman–Crippen LogP) is 3.86. The lowest BCUT2D eigenvalue weighted by Gasteiger charge is -2.26. The van der Waals surface area contributed by atoms with Crippen molar-refractivity contribution >= 4 is 39.1 Å². The van der Waals surface area contributed by atoms with Crippen molar-refractivity contribution in [3.63, 3.8) is 0 Å². The topological polar surface area (TPSA) is 75.7 Å². The highest BCUT2D eigenvalue weighted by atomic mass is 35.5. The summed E-state index contributed by atoms with van der Waals surface area (Å²) in [7, 11) is -3.57. The molecule has 0 radical (unpaired) electrons. The van der Waals surface area contributed by atoms with E-state index in [-0.39, 0.29) is 28.2 Å². The molecule has 0 atom stereocenters. The van der Waals surface area contributed by atoms with Crippen LogP contribution in [0.15, 0.2) is 47.4 Å². The molecule has 0 aromatic heterocycles. The molecule has 1 amide bonds. The molecule has 9 heteroatoms. The van der Waals surface area contributed by atoms with Gasteiger partial charge in [0.15, 0.2) is 6.61 Å². The normalized spacial score (nSPS) is 15.1. The van der Waals surface area contributed by atoms with Crippen molar-refractivity contribution in [3.8, 4) is 5.75 Å². The minimum Gasteiger partial charge on any atom is -0.482 e. The van der Waals surface area contributed by atoms with Crippen LogP contribution in [0, 0.1) is 0 Å². The Morgan fingerprint density at radius 3 is 2.38 bits per heavy atom. The Morgan fingerprint density at radius 2 is 1.72 bits per heavy atom. The minimum atomic E-state index is -3.57. The number of benzene rings is 2. The molecule has 2 aromatic carbocycles. The maximum atomic E-state index is 12.7. The lowest BCUT2D eigenvalue weighted by molar-refractivity contribution is -0.123. The van der Waals surface area contributed by atoms with Crippen LogP contribution >= 0.6 is 23.2 Å². The zero-order valence-corrected chi connectivity index (χ0v) is 18.1. The van der Waals surface area contributed by atoms with Crippen molar-refractivity contribution in [1.82, 2.24) is 9.62 Å². The molecule has 1 aliphatic heterocycles. The van der Waals surface area contributed by atoms with Gasteiger partial charge in [-0.3, -0.25) is 4.79 Å². The number of nitrogens with zero attached hydrogens (tertiary/aromatic N) is 1. The monoisotopic (exact) mass is 456 g/mol. The second-order valence-corrected chi connectivity index (χ2v) is 9.53. The molecule has 0 aliphatic carbocycles. The highest BCUT2D eigenvalue weighted by molar-refractivity contribution is 7.89. The van der Waals surface area contributed by atoms with Crippen LogP contribution in [0.1, 0.15) is 24.8 Å². The molecule has 156 valence electrons. The van der Waals surface area contributed by atoms with Crippen molar-refractivity contribution in [3.05, 3.63) is 58.1 Å².